The first-order valence-electron chi connectivity index (χ1n) is 5.52. The lowest BCUT2D eigenvalue weighted by molar-refractivity contribution is -0.131. The van der Waals surface area contributed by atoms with Crippen molar-refractivity contribution >= 4 is 54.5 Å². The van der Waals surface area contributed by atoms with Gasteiger partial charge in [0.25, 0.3) is 10.0 Å². The van der Waals surface area contributed by atoms with Gasteiger partial charge in [0.1, 0.15) is 0 Å². The molecule has 1 aromatic carbocycles. The van der Waals surface area contributed by atoms with Crippen LogP contribution in [0.15, 0.2) is 45.2 Å². The van der Waals surface area contributed by atoms with Gasteiger partial charge in [0.2, 0.25) is 0 Å². The van der Waals surface area contributed by atoms with Crippen LogP contribution in [0.4, 0.5) is 5.13 Å². The summed E-state index contributed by atoms with van der Waals surface area (Å²) in [6, 6.07) is 5.83. The maximum atomic E-state index is 12.1. The maximum absolute atomic E-state index is 12.1. The zero-order chi connectivity index (χ0) is 15.5. The summed E-state index contributed by atoms with van der Waals surface area (Å²) in [6.45, 7) is 0. The smallest absolute Gasteiger partial charge is 0.328 e. The molecule has 21 heavy (non-hydrogen) atoms. The first-order chi connectivity index (χ1) is 9.87. The third kappa shape index (κ3) is 4.38. The first kappa shape index (κ1) is 15.7. The number of carbonyl (C=O) groups is 1. The molecule has 0 radical (unpaired) electrons. The lowest BCUT2D eigenvalue weighted by Gasteiger charge is -2.05. The van der Waals surface area contributed by atoms with Crippen molar-refractivity contribution in [3.8, 4) is 0 Å². The number of hydrogen-bond acceptors (Lipinski definition) is 5. The van der Waals surface area contributed by atoms with Gasteiger partial charge in [0.15, 0.2) is 5.13 Å². The van der Waals surface area contributed by atoms with Crippen LogP contribution in [0.5, 0.6) is 0 Å². The van der Waals surface area contributed by atoms with E-state index in [0.29, 0.717) is 9.35 Å². The van der Waals surface area contributed by atoms with Crippen molar-refractivity contribution < 1.29 is 18.3 Å². The normalized spacial score (nSPS) is 11.7. The van der Waals surface area contributed by atoms with Crippen LogP contribution in [-0.2, 0) is 14.8 Å². The number of anilines is 1. The second-order valence-corrected chi connectivity index (χ2v) is 7.91. The van der Waals surface area contributed by atoms with Crippen molar-refractivity contribution in [1.82, 2.24) is 4.98 Å². The van der Waals surface area contributed by atoms with Gasteiger partial charge in [0.05, 0.1) is 14.9 Å². The molecule has 6 nitrogen and oxygen atoms in total. The van der Waals surface area contributed by atoms with Crippen LogP contribution in [0.3, 0.4) is 0 Å². The van der Waals surface area contributed by atoms with E-state index >= 15 is 0 Å². The zero-order valence-corrected chi connectivity index (χ0v) is 13.6. The number of aliphatic carboxylic acids is 1. The minimum atomic E-state index is -3.71. The summed E-state index contributed by atoms with van der Waals surface area (Å²) < 4.78 is 27.3. The van der Waals surface area contributed by atoms with Crippen molar-refractivity contribution in [2.24, 2.45) is 0 Å². The molecule has 0 unspecified atom stereocenters. The molecule has 2 N–H and O–H groups in total. The Morgan fingerprint density at radius 1 is 1.33 bits per heavy atom. The van der Waals surface area contributed by atoms with Crippen LogP contribution < -0.4 is 4.72 Å². The molecule has 0 spiro atoms. The molecule has 1 aromatic heterocycles. The zero-order valence-electron chi connectivity index (χ0n) is 10.4. The highest BCUT2D eigenvalue weighted by Crippen LogP contribution is 2.25. The average molecular weight is 389 g/mol. The predicted molar refractivity (Wildman–Crippen MR) is 83.7 cm³/mol. The largest absolute Gasteiger partial charge is 0.478 e. The van der Waals surface area contributed by atoms with Crippen LogP contribution in [-0.4, -0.2) is 24.5 Å². The van der Waals surface area contributed by atoms with E-state index in [2.05, 4.69) is 25.6 Å². The number of sulfonamides is 1. The van der Waals surface area contributed by atoms with Crippen LogP contribution in [0, 0.1) is 0 Å². The number of benzene rings is 1. The number of carboxylic acid groups (broad SMARTS) is 1. The molecule has 2 rings (SSSR count). The maximum Gasteiger partial charge on any atom is 0.328 e. The summed E-state index contributed by atoms with van der Waals surface area (Å²) in [5, 5.41) is 8.78. The van der Waals surface area contributed by atoms with E-state index in [4.69, 9.17) is 5.11 Å². The van der Waals surface area contributed by atoms with Crippen LogP contribution in [0.2, 0.25) is 0 Å². The Labute approximate surface area is 133 Å². The quantitative estimate of drug-likeness (QED) is 0.767. The van der Waals surface area contributed by atoms with Gasteiger partial charge in [-0.25, -0.2) is 18.2 Å². The molecular formula is C12H9BrN2O4S2. The fourth-order valence-electron chi connectivity index (χ4n) is 1.40. The Kier molecular flexibility index (Phi) is 4.76. The molecule has 9 heteroatoms. The van der Waals surface area contributed by atoms with Gasteiger partial charge in [-0.3, -0.25) is 4.72 Å². The molecular weight excluding hydrogens is 380 g/mol. The van der Waals surface area contributed by atoms with Crippen LogP contribution >= 0.6 is 27.3 Å². The van der Waals surface area contributed by atoms with Gasteiger partial charge in [-0.15, -0.1) is 0 Å². The molecule has 1 heterocycles. The summed E-state index contributed by atoms with van der Waals surface area (Å²) in [5.41, 5.74) is 0.591. The summed E-state index contributed by atoms with van der Waals surface area (Å²) in [4.78, 5) is 14.4. The molecule has 0 amide bonds. The number of carboxylic acids is 1. The molecule has 0 aliphatic rings. The molecule has 0 bridgehead atoms. The van der Waals surface area contributed by atoms with Crippen molar-refractivity contribution in [2.75, 3.05) is 4.72 Å². The third-order valence-corrected chi connectivity index (χ3v) is 5.18. The van der Waals surface area contributed by atoms with Gasteiger partial charge in [-0.1, -0.05) is 23.5 Å². The van der Waals surface area contributed by atoms with E-state index in [1.807, 2.05) is 0 Å². The molecule has 0 aliphatic heterocycles. The van der Waals surface area contributed by atoms with E-state index in [0.717, 1.165) is 17.4 Å². The van der Waals surface area contributed by atoms with Gasteiger partial charge >= 0.3 is 5.97 Å². The van der Waals surface area contributed by atoms with Gasteiger partial charge in [-0.2, -0.15) is 0 Å². The van der Waals surface area contributed by atoms with E-state index in [1.165, 1.54) is 36.5 Å². The van der Waals surface area contributed by atoms with Crippen molar-refractivity contribution in [1.29, 1.82) is 0 Å². The molecule has 0 aliphatic carbocycles. The topological polar surface area (TPSA) is 96.4 Å². The van der Waals surface area contributed by atoms with E-state index in [1.54, 1.807) is 0 Å². The van der Waals surface area contributed by atoms with E-state index in [-0.39, 0.29) is 10.0 Å². The number of hydrogen-bond donors (Lipinski definition) is 2. The summed E-state index contributed by atoms with van der Waals surface area (Å²) >= 11 is 4.36. The van der Waals surface area contributed by atoms with E-state index in [9.17, 15) is 13.2 Å². The van der Waals surface area contributed by atoms with Crippen molar-refractivity contribution in [3.63, 3.8) is 0 Å². The number of nitrogens with zero attached hydrogens (tertiary/aromatic N) is 1. The summed E-state index contributed by atoms with van der Waals surface area (Å²) in [7, 11) is -3.71. The minimum absolute atomic E-state index is 0.0706. The minimum Gasteiger partial charge on any atom is -0.478 e. The standard InChI is InChI=1S/C12H9BrN2O4S2/c13-10-7-14-12(20-10)15-21(18,19)9-4-1-8(2-5-9)3-6-11(16)17/h1-7H,(H,14,15)(H,16,17)/b6-3+. The lowest BCUT2D eigenvalue weighted by atomic mass is 10.2. The molecule has 2 aromatic rings. The lowest BCUT2D eigenvalue weighted by Crippen LogP contribution is -2.12. The third-order valence-electron chi connectivity index (χ3n) is 2.31. The predicted octanol–water partition coefficient (Wildman–Crippen LogP) is 2.80. The van der Waals surface area contributed by atoms with Crippen molar-refractivity contribution in [2.45, 2.75) is 4.90 Å². The molecule has 0 saturated heterocycles. The highest BCUT2D eigenvalue weighted by Gasteiger charge is 2.15. The SMILES string of the molecule is O=C(O)/C=C/c1ccc(S(=O)(=O)Nc2ncc(Br)s2)cc1. The summed E-state index contributed by atoms with van der Waals surface area (Å²) in [6.07, 6.45) is 3.86. The molecule has 0 fully saturated rings. The Morgan fingerprint density at radius 2 is 2.00 bits per heavy atom. The fourth-order valence-corrected chi connectivity index (χ4v) is 3.75. The van der Waals surface area contributed by atoms with Crippen molar-refractivity contribution in [3.05, 3.63) is 45.9 Å². The number of rotatable bonds is 5. The Bertz CT molecular complexity index is 782. The monoisotopic (exact) mass is 388 g/mol. The number of thiazole rings is 1. The van der Waals surface area contributed by atoms with Gasteiger partial charge < -0.3 is 5.11 Å². The first-order valence-corrected chi connectivity index (χ1v) is 8.61. The van der Waals surface area contributed by atoms with Crippen LogP contribution in [0.25, 0.3) is 6.08 Å². The second-order valence-electron chi connectivity index (χ2n) is 3.82. The second kappa shape index (κ2) is 6.37. The number of nitrogens with one attached hydrogen (secondary N) is 1. The highest BCUT2D eigenvalue weighted by atomic mass is 79.9. The summed E-state index contributed by atoms with van der Waals surface area (Å²) in [5.74, 6) is -1.07. The van der Waals surface area contributed by atoms with Gasteiger partial charge in [0, 0.05) is 6.08 Å². The fraction of sp³-hybridized carbons (Fsp3) is 0. The number of aromatic nitrogens is 1. The molecule has 0 saturated carbocycles. The molecule has 0 atom stereocenters. The van der Waals surface area contributed by atoms with Crippen LogP contribution in [0.1, 0.15) is 5.56 Å². The van der Waals surface area contributed by atoms with E-state index < -0.39 is 16.0 Å². The molecule has 110 valence electrons. The Hall–Kier alpha value is -1.71. The Morgan fingerprint density at radius 3 is 2.52 bits per heavy atom. The number of halogens is 1. The average Bonchev–Trinajstić information content (AvgIpc) is 2.81. The Balaban J connectivity index is 2.19. The highest BCUT2D eigenvalue weighted by molar-refractivity contribution is 9.11. The van der Waals surface area contributed by atoms with Gasteiger partial charge in [-0.05, 0) is 39.7 Å².